The summed E-state index contributed by atoms with van der Waals surface area (Å²) in [5.41, 5.74) is 6.12. The Bertz CT molecular complexity index is 314. The van der Waals surface area contributed by atoms with E-state index in [0.29, 0.717) is 28.0 Å². The Balaban J connectivity index is 3.14. The largest absolute Gasteiger partial charge is 0.387 e. The zero-order valence-corrected chi connectivity index (χ0v) is 8.73. The van der Waals surface area contributed by atoms with Crippen LogP contribution in [0.4, 0.5) is 5.69 Å². The van der Waals surface area contributed by atoms with Gasteiger partial charge >= 0.3 is 0 Å². The summed E-state index contributed by atoms with van der Waals surface area (Å²) >= 11 is 11.8. The quantitative estimate of drug-likeness (QED) is 0.598. The third kappa shape index (κ3) is 2.61. The summed E-state index contributed by atoms with van der Waals surface area (Å²) in [7, 11) is 0. The topological polar surface area (TPSA) is 38.4 Å². The summed E-state index contributed by atoms with van der Waals surface area (Å²) in [6.07, 6.45) is 0.682. The van der Waals surface area contributed by atoms with Gasteiger partial charge in [-0.25, -0.2) is 4.99 Å². The minimum atomic E-state index is 0.518. The Morgan fingerprint density at radius 3 is 2.38 bits per heavy atom. The van der Waals surface area contributed by atoms with Gasteiger partial charge in [0, 0.05) is 6.42 Å². The van der Waals surface area contributed by atoms with Gasteiger partial charge in [-0.1, -0.05) is 36.2 Å². The molecule has 1 aromatic rings. The molecule has 0 heterocycles. The molecule has 4 heteroatoms. The Hall–Kier alpha value is -0.730. The second-order valence-electron chi connectivity index (χ2n) is 2.53. The number of benzene rings is 1. The van der Waals surface area contributed by atoms with Gasteiger partial charge in [0.2, 0.25) is 0 Å². The lowest BCUT2D eigenvalue weighted by Crippen LogP contribution is -2.08. The number of rotatable bonds is 2. The van der Waals surface area contributed by atoms with Crippen LogP contribution in [0.3, 0.4) is 0 Å². The van der Waals surface area contributed by atoms with Crippen LogP contribution in [-0.2, 0) is 0 Å². The van der Waals surface area contributed by atoms with E-state index >= 15 is 0 Å². The number of amidine groups is 1. The van der Waals surface area contributed by atoms with Crippen molar-refractivity contribution in [1.29, 1.82) is 0 Å². The highest BCUT2D eigenvalue weighted by atomic mass is 35.5. The normalized spacial score (nSPS) is 11.8. The van der Waals surface area contributed by atoms with Crippen molar-refractivity contribution in [2.75, 3.05) is 0 Å². The second-order valence-corrected chi connectivity index (χ2v) is 3.34. The number of nitrogens with two attached hydrogens (primary N) is 1. The van der Waals surface area contributed by atoms with E-state index in [1.807, 2.05) is 6.92 Å². The van der Waals surface area contributed by atoms with Crippen molar-refractivity contribution in [3.8, 4) is 0 Å². The fraction of sp³-hybridized carbons (Fsp3) is 0.222. The number of nitrogens with zero attached hydrogens (tertiary/aromatic N) is 1. The number of halogens is 2. The maximum absolute atomic E-state index is 5.88. The van der Waals surface area contributed by atoms with Gasteiger partial charge in [0.25, 0.3) is 0 Å². The van der Waals surface area contributed by atoms with Gasteiger partial charge in [0.1, 0.15) is 5.69 Å². The molecule has 1 aromatic carbocycles. The average molecular weight is 217 g/mol. The van der Waals surface area contributed by atoms with Crippen LogP contribution in [0.2, 0.25) is 10.0 Å². The van der Waals surface area contributed by atoms with Crippen LogP contribution in [0.5, 0.6) is 0 Å². The van der Waals surface area contributed by atoms with Crippen molar-refractivity contribution in [3.63, 3.8) is 0 Å². The molecule has 1 rings (SSSR count). The molecule has 0 saturated heterocycles. The van der Waals surface area contributed by atoms with Gasteiger partial charge < -0.3 is 5.73 Å². The molecule has 0 bridgehead atoms. The summed E-state index contributed by atoms with van der Waals surface area (Å²) < 4.78 is 0. The van der Waals surface area contributed by atoms with E-state index in [2.05, 4.69) is 4.99 Å². The third-order valence-corrected chi connectivity index (χ3v) is 2.17. The van der Waals surface area contributed by atoms with E-state index in [0.717, 1.165) is 0 Å². The zero-order chi connectivity index (χ0) is 9.84. The lowest BCUT2D eigenvalue weighted by atomic mass is 10.3. The van der Waals surface area contributed by atoms with Gasteiger partial charge in [-0.3, -0.25) is 0 Å². The SMILES string of the molecule is CCC(N)=Nc1c(Cl)cccc1Cl. The summed E-state index contributed by atoms with van der Waals surface area (Å²) in [5, 5.41) is 1.04. The predicted octanol–water partition coefficient (Wildman–Crippen LogP) is 3.39. The molecular weight excluding hydrogens is 207 g/mol. The lowest BCUT2D eigenvalue weighted by Gasteiger charge is -2.01. The first-order valence-electron chi connectivity index (χ1n) is 3.92. The first-order chi connectivity index (χ1) is 6.15. The summed E-state index contributed by atoms with van der Waals surface area (Å²) in [6, 6.07) is 5.23. The Labute approximate surface area is 87.4 Å². The van der Waals surface area contributed by atoms with E-state index in [9.17, 15) is 0 Å². The average Bonchev–Trinajstić information content (AvgIpc) is 2.11. The number of aliphatic imine (C=N–C) groups is 1. The maximum atomic E-state index is 5.88. The third-order valence-electron chi connectivity index (χ3n) is 1.56. The fourth-order valence-corrected chi connectivity index (χ4v) is 1.30. The minimum Gasteiger partial charge on any atom is -0.387 e. The molecule has 0 saturated carbocycles. The van der Waals surface area contributed by atoms with Gasteiger partial charge in [-0.2, -0.15) is 0 Å². The number of hydrogen-bond acceptors (Lipinski definition) is 1. The van der Waals surface area contributed by atoms with Gasteiger partial charge in [-0.05, 0) is 12.1 Å². The molecule has 0 atom stereocenters. The zero-order valence-electron chi connectivity index (χ0n) is 7.22. The standard InChI is InChI=1S/C9H10Cl2N2/c1-2-8(12)13-9-6(10)4-3-5-7(9)11/h3-5H,2H2,1H3,(H2,12,13). The highest BCUT2D eigenvalue weighted by Crippen LogP contribution is 2.32. The van der Waals surface area contributed by atoms with Gasteiger partial charge in [-0.15, -0.1) is 0 Å². The van der Waals surface area contributed by atoms with E-state index < -0.39 is 0 Å². The summed E-state index contributed by atoms with van der Waals surface area (Å²) in [6.45, 7) is 1.92. The Morgan fingerprint density at radius 2 is 1.92 bits per heavy atom. The van der Waals surface area contributed by atoms with Crippen LogP contribution in [0.25, 0.3) is 0 Å². The van der Waals surface area contributed by atoms with Crippen molar-refractivity contribution < 1.29 is 0 Å². The monoisotopic (exact) mass is 216 g/mol. The molecule has 0 amide bonds. The summed E-state index contributed by atoms with van der Waals surface area (Å²) in [4.78, 5) is 4.11. The van der Waals surface area contributed by atoms with Crippen LogP contribution < -0.4 is 5.73 Å². The molecule has 0 aliphatic carbocycles. The van der Waals surface area contributed by atoms with Crippen molar-refractivity contribution in [1.82, 2.24) is 0 Å². The molecule has 70 valence electrons. The van der Waals surface area contributed by atoms with Crippen LogP contribution in [0, 0.1) is 0 Å². The number of hydrogen-bond donors (Lipinski definition) is 1. The highest BCUT2D eigenvalue weighted by molar-refractivity contribution is 6.38. The molecular formula is C9H10Cl2N2. The maximum Gasteiger partial charge on any atom is 0.102 e. The predicted molar refractivity (Wildman–Crippen MR) is 58.0 cm³/mol. The molecule has 0 radical (unpaired) electrons. The molecule has 0 unspecified atom stereocenters. The van der Waals surface area contributed by atoms with Gasteiger partial charge in [0.05, 0.1) is 15.9 Å². The van der Waals surface area contributed by atoms with E-state index in [1.165, 1.54) is 0 Å². The van der Waals surface area contributed by atoms with Crippen molar-refractivity contribution in [2.45, 2.75) is 13.3 Å². The van der Waals surface area contributed by atoms with Crippen molar-refractivity contribution in [3.05, 3.63) is 28.2 Å². The molecule has 0 spiro atoms. The van der Waals surface area contributed by atoms with Crippen LogP contribution in [0.1, 0.15) is 13.3 Å². The van der Waals surface area contributed by atoms with Crippen molar-refractivity contribution >= 4 is 34.7 Å². The molecule has 13 heavy (non-hydrogen) atoms. The minimum absolute atomic E-state index is 0.518. The van der Waals surface area contributed by atoms with Crippen LogP contribution in [0.15, 0.2) is 23.2 Å². The Morgan fingerprint density at radius 1 is 1.38 bits per heavy atom. The Kier molecular flexibility index (Phi) is 3.58. The molecule has 0 aliphatic heterocycles. The van der Waals surface area contributed by atoms with Crippen LogP contribution >= 0.6 is 23.2 Å². The molecule has 2 nitrogen and oxygen atoms in total. The number of para-hydroxylation sites is 1. The first kappa shape index (κ1) is 10.4. The van der Waals surface area contributed by atoms with E-state index in [1.54, 1.807) is 18.2 Å². The summed E-state index contributed by atoms with van der Waals surface area (Å²) in [5.74, 6) is 0.523. The second kappa shape index (κ2) is 4.49. The van der Waals surface area contributed by atoms with Crippen molar-refractivity contribution in [2.24, 2.45) is 10.7 Å². The first-order valence-corrected chi connectivity index (χ1v) is 4.67. The molecule has 0 aromatic heterocycles. The molecule has 0 aliphatic rings. The molecule has 0 fully saturated rings. The van der Waals surface area contributed by atoms with Crippen LogP contribution in [-0.4, -0.2) is 5.84 Å². The van der Waals surface area contributed by atoms with E-state index in [4.69, 9.17) is 28.9 Å². The van der Waals surface area contributed by atoms with Gasteiger partial charge in [0.15, 0.2) is 0 Å². The van der Waals surface area contributed by atoms with E-state index in [-0.39, 0.29) is 0 Å². The highest BCUT2D eigenvalue weighted by Gasteiger charge is 2.03. The fourth-order valence-electron chi connectivity index (χ4n) is 0.818. The smallest absolute Gasteiger partial charge is 0.102 e. The molecule has 2 N–H and O–H groups in total. The lowest BCUT2D eigenvalue weighted by molar-refractivity contribution is 1.24.